The molecule has 92 valence electrons. The molecule has 0 fully saturated rings. The fourth-order valence-corrected chi connectivity index (χ4v) is 2.28. The fraction of sp³-hybridized carbons (Fsp3) is 0.417. The Hall–Kier alpha value is -1.51. The third-order valence-corrected chi connectivity index (χ3v) is 3.04. The van der Waals surface area contributed by atoms with Crippen LogP contribution in [-0.4, -0.2) is 20.5 Å². The Balaban J connectivity index is 3.01. The molecule has 1 unspecified atom stereocenters. The number of rotatable bonds is 4. The van der Waals surface area contributed by atoms with E-state index in [0.29, 0.717) is 11.3 Å². The molecule has 0 bridgehead atoms. The number of nitrogens with zero attached hydrogens (tertiary/aromatic N) is 1. The molecule has 0 aliphatic rings. The molecule has 1 aromatic carbocycles. The minimum Gasteiger partial charge on any atom is -0.504 e. The zero-order chi connectivity index (χ0) is 13.1. The molecular weight excluding hydrogens is 234 g/mol. The van der Waals surface area contributed by atoms with Gasteiger partial charge in [-0.2, -0.15) is 5.26 Å². The fourth-order valence-electron chi connectivity index (χ4n) is 1.38. The van der Waals surface area contributed by atoms with Crippen molar-refractivity contribution >= 4 is 8.32 Å². The van der Waals surface area contributed by atoms with Crippen LogP contribution < -0.4 is 4.74 Å². The molecule has 1 aromatic rings. The van der Waals surface area contributed by atoms with E-state index in [1.54, 1.807) is 12.1 Å². The van der Waals surface area contributed by atoms with Crippen molar-refractivity contribution in [3.05, 3.63) is 23.8 Å². The number of phenolic OH excluding ortho intramolecular Hbond substituents is 1. The van der Waals surface area contributed by atoms with Crippen molar-refractivity contribution < 1.29 is 14.3 Å². The molecule has 5 heteroatoms. The number of nitriles is 1. The van der Waals surface area contributed by atoms with Crippen molar-refractivity contribution in [2.75, 3.05) is 7.11 Å². The standard InChI is InChI=1S/C12H17NO3Si/c1-15-11-7-9(5-6-10(11)14)12(8-13)16-17(2,3)4/h5-7,12,14H,1-4H3. The predicted molar refractivity (Wildman–Crippen MR) is 67.4 cm³/mol. The van der Waals surface area contributed by atoms with E-state index in [0.717, 1.165) is 0 Å². The van der Waals surface area contributed by atoms with Gasteiger partial charge in [0.1, 0.15) is 0 Å². The third-order valence-electron chi connectivity index (χ3n) is 2.10. The summed E-state index contributed by atoms with van der Waals surface area (Å²) in [6.45, 7) is 6.07. The molecule has 1 rings (SSSR count). The van der Waals surface area contributed by atoms with Crippen molar-refractivity contribution in [3.8, 4) is 17.6 Å². The van der Waals surface area contributed by atoms with Gasteiger partial charge >= 0.3 is 0 Å². The Labute approximate surface area is 103 Å². The lowest BCUT2D eigenvalue weighted by atomic mass is 10.1. The summed E-state index contributed by atoms with van der Waals surface area (Å²) in [5.41, 5.74) is 0.699. The number of methoxy groups -OCH3 is 1. The molecule has 0 aromatic heterocycles. The first-order valence-corrected chi connectivity index (χ1v) is 8.72. The number of phenols is 1. The number of hydrogen-bond acceptors (Lipinski definition) is 4. The van der Waals surface area contributed by atoms with Crippen LogP contribution in [0.4, 0.5) is 0 Å². The van der Waals surface area contributed by atoms with E-state index in [4.69, 9.17) is 14.4 Å². The van der Waals surface area contributed by atoms with Crippen molar-refractivity contribution in [1.82, 2.24) is 0 Å². The largest absolute Gasteiger partial charge is 0.504 e. The van der Waals surface area contributed by atoms with Gasteiger partial charge in [0.25, 0.3) is 0 Å². The first-order valence-electron chi connectivity index (χ1n) is 5.31. The lowest BCUT2D eigenvalue weighted by Gasteiger charge is -2.22. The molecule has 0 spiro atoms. The van der Waals surface area contributed by atoms with Gasteiger partial charge in [-0.05, 0) is 37.3 Å². The van der Waals surface area contributed by atoms with Gasteiger partial charge in [0.2, 0.25) is 0 Å². The third kappa shape index (κ3) is 3.77. The summed E-state index contributed by atoms with van der Waals surface area (Å²) in [5, 5.41) is 18.6. The van der Waals surface area contributed by atoms with Crippen LogP contribution in [0.15, 0.2) is 18.2 Å². The minimum atomic E-state index is -1.79. The van der Waals surface area contributed by atoms with E-state index >= 15 is 0 Å². The SMILES string of the molecule is COc1cc(C(C#N)O[Si](C)(C)C)ccc1O. The monoisotopic (exact) mass is 251 g/mol. The second kappa shape index (κ2) is 5.21. The smallest absolute Gasteiger partial charge is 0.186 e. The van der Waals surface area contributed by atoms with Crippen LogP contribution in [0.2, 0.25) is 19.6 Å². The van der Waals surface area contributed by atoms with E-state index in [1.165, 1.54) is 13.2 Å². The van der Waals surface area contributed by atoms with Gasteiger partial charge in [-0.25, -0.2) is 0 Å². The molecule has 1 atom stereocenters. The molecule has 0 amide bonds. The van der Waals surface area contributed by atoms with Crippen LogP contribution in [-0.2, 0) is 4.43 Å². The Morgan fingerprint density at radius 2 is 2.00 bits per heavy atom. The van der Waals surface area contributed by atoms with Crippen molar-refractivity contribution in [2.24, 2.45) is 0 Å². The van der Waals surface area contributed by atoms with Crippen LogP contribution in [0.25, 0.3) is 0 Å². The zero-order valence-corrected chi connectivity index (χ0v) is 11.5. The van der Waals surface area contributed by atoms with Crippen LogP contribution in [0.3, 0.4) is 0 Å². The molecule has 0 heterocycles. The summed E-state index contributed by atoms with van der Waals surface area (Å²) in [6, 6.07) is 6.93. The van der Waals surface area contributed by atoms with Gasteiger partial charge in [-0.1, -0.05) is 6.07 Å². The normalized spacial score (nSPS) is 12.9. The maximum atomic E-state index is 9.48. The predicted octanol–water partition coefficient (Wildman–Crippen LogP) is 2.82. The minimum absolute atomic E-state index is 0.0564. The van der Waals surface area contributed by atoms with E-state index in [9.17, 15) is 5.11 Å². The van der Waals surface area contributed by atoms with Crippen molar-refractivity contribution in [2.45, 2.75) is 25.7 Å². The Morgan fingerprint density at radius 1 is 1.35 bits per heavy atom. The van der Waals surface area contributed by atoms with E-state index in [1.807, 2.05) is 19.6 Å². The molecule has 17 heavy (non-hydrogen) atoms. The van der Waals surface area contributed by atoms with Gasteiger partial charge in [-0.3, -0.25) is 0 Å². The summed E-state index contributed by atoms with van der Waals surface area (Å²) in [7, 11) is -0.319. The lowest BCUT2D eigenvalue weighted by molar-refractivity contribution is 0.254. The first-order chi connectivity index (χ1) is 7.87. The molecule has 1 N–H and O–H groups in total. The Bertz CT molecular complexity index is 434. The topological polar surface area (TPSA) is 62.5 Å². The molecule has 0 saturated carbocycles. The highest BCUT2D eigenvalue weighted by Gasteiger charge is 2.22. The summed E-state index contributed by atoms with van der Waals surface area (Å²) < 4.78 is 10.8. The second-order valence-electron chi connectivity index (χ2n) is 4.67. The van der Waals surface area contributed by atoms with Crippen LogP contribution in [0.1, 0.15) is 11.7 Å². The average molecular weight is 251 g/mol. The van der Waals surface area contributed by atoms with Crippen LogP contribution in [0, 0.1) is 11.3 Å². The molecule has 0 aliphatic heterocycles. The first kappa shape index (κ1) is 13.6. The molecule has 4 nitrogen and oxygen atoms in total. The maximum absolute atomic E-state index is 9.48. The van der Waals surface area contributed by atoms with E-state index < -0.39 is 14.4 Å². The maximum Gasteiger partial charge on any atom is 0.186 e. The van der Waals surface area contributed by atoms with Crippen LogP contribution >= 0.6 is 0 Å². The molecule has 0 aliphatic carbocycles. The highest BCUT2D eigenvalue weighted by atomic mass is 28.4. The van der Waals surface area contributed by atoms with Gasteiger partial charge < -0.3 is 14.3 Å². The van der Waals surface area contributed by atoms with Gasteiger partial charge in [0.05, 0.1) is 13.2 Å². The highest BCUT2D eigenvalue weighted by molar-refractivity contribution is 6.69. The molecule has 0 radical (unpaired) electrons. The van der Waals surface area contributed by atoms with Gasteiger partial charge in [0.15, 0.2) is 25.9 Å². The summed E-state index contributed by atoms with van der Waals surface area (Å²) in [4.78, 5) is 0. The summed E-state index contributed by atoms with van der Waals surface area (Å²) >= 11 is 0. The Kier molecular flexibility index (Phi) is 4.15. The van der Waals surface area contributed by atoms with Gasteiger partial charge in [-0.15, -0.1) is 0 Å². The number of hydrogen-bond donors (Lipinski definition) is 1. The number of aromatic hydroxyl groups is 1. The van der Waals surface area contributed by atoms with Gasteiger partial charge in [0, 0.05) is 0 Å². The quantitative estimate of drug-likeness (QED) is 0.836. The number of ether oxygens (including phenoxy) is 1. The average Bonchev–Trinajstić information content (AvgIpc) is 2.25. The number of benzene rings is 1. The van der Waals surface area contributed by atoms with Crippen molar-refractivity contribution in [3.63, 3.8) is 0 Å². The summed E-state index contributed by atoms with van der Waals surface area (Å²) in [6.07, 6.45) is -0.615. The molecule has 0 saturated heterocycles. The zero-order valence-electron chi connectivity index (χ0n) is 10.5. The van der Waals surface area contributed by atoms with E-state index in [2.05, 4.69) is 6.07 Å². The molecular formula is C12H17NO3Si. The Morgan fingerprint density at radius 3 is 2.47 bits per heavy atom. The van der Waals surface area contributed by atoms with E-state index in [-0.39, 0.29) is 5.75 Å². The van der Waals surface area contributed by atoms with Crippen LogP contribution in [0.5, 0.6) is 11.5 Å². The van der Waals surface area contributed by atoms with Crippen molar-refractivity contribution in [1.29, 1.82) is 5.26 Å². The lowest BCUT2D eigenvalue weighted by Crippen LogP contribution is -2.27. The highest BCUT2D eigenvalue weighted by Crippen LogP contribution is 2.31. The second-order valence-corrected chi connectivity index (χ2v) is 9.13. The summed E-state index contributed by atoms with van der Waals surface area (Å²) in [5.74, 6) is 0.405.